The van der Waals surface area contributed by atoms with Crippen LogP contribution in [0.25, 0.3) is 11.2 Å². The molecule has 168 valence electrons. The van der Waals surface area contributed by atoms with Gasteiger partial charge in [-0.2, -0.15) is 0 Å². The molecular formula is C19H21BF2N6O2S2. The Balaban J connectivity index is 0.00000141. The first-order valence-corrected chi connectivity index (χ1v) is 11.2. The standard InChI is InChI=1S/C17H15BF2N6O2S2.C2H6/c1-17(19,20)12-8-26-11(9-5-18-30-25(2)7-9)6-21-15(26)14(22-12)23-13-4-10(24-29-13)16(27)28-3;1-2/h4-8H,1-3H3,(H,22,23);1-2H3. The molecule has 0 aliphatic carbocycles. The Labute approximate surface area is 192 Å². The van der Waals surface area contributed by atoms with Crippen molar-refractivity contribution in [1.82, 2.24) is 23.0 Å². The van der Waals surface area contributed by atoms with E-state index in [-0.39, 0.29) is 11.5 Å². The number of alkyl halides is 2. The molecule has 0 atom stereocenters. The Morgan fingerprint density at radius 3 is 2.75 bits per heavy atom. The van der Waals surface area contributed by atoms with Gasteiger partial charge < -0.3 is 0 Å². The molecule has 13 heteroatoms. The first-order valence-electron chi connectivity index (χ1n) is 9.63. The number of ether oxygens (including phenoxy) is 1. The summed E-state index contributed by atoms with van der Waals surface area (Å²) in [7, 11) is 3.14. The van der Waals surface area contributed by atoms with Crippen LogP contribution >= 0.6 is 23.3 Å². The Kier molecular flexibility index (Phi) is 7.29. The van der Waals surface area contributed by atoms with Gasteiger partial charge in [0.1, 0.15) is 0 Å². The van der Waals surface area contributed by atoms with Crippen molar-refractivity contribution < 1.29 is 18.3 Å². The van der Waals surface area contributed by atoms with Crippen molar-refractivity contribution in [3.8, 4) is 0 Å². The van der Waals surface area contributed by atoms with Crippen LogP contribution < -0.4 is 5.32 Å². The van der Waals surface area contributed by atoms with Crippen molar-refractivity contribution in [2.45, 2.75) is 26.7 Å². The monoisotopic (exact) mass is 478 g/mol. The molecule has 0 aromatic carbocycles. The van der Waals surface area contributed by atoms with Gasteiger partial charge in [-0.05, 0) is 0 Å². The zero-order valence-electron chi connectivity index (χ0n) is 18.1. The van der Waals surface area contributed by atoms with Gasteiger partial charge in [0.2, 0.25) is 0 Å². The van der Waals surface area contributed by atoms with E-state index in [0.717, 1.165) is 24.0 Å². The number of fused-ring (bicyclic) bond motifs is 1. The number of hydrogen-bond donors (Lipinski definition) is 1. The quantitative estimate of drug-likeness (QED) is 0.332. The van der Waals surface area contributed by atoms with Gasteiger partial charge in [0.25, 0.3) is 0 Å². The summed E-state index contributed by atoms with van der Waals surface area (Å²) in [6.07, 6.45) is 6.67. The summed E-state index contributed by atoms with van der Waals surface area (Å²) >= 11 is 2.49. The fourth-order valence-corrected chi connectivity index (χ4v) is 3.97. The Bertz CT molecular complexity index is 1190. The van der Waals surface area contributed by atoms with Crippen molar-refractivity contribution in [3.05, 3.63) is 41.7 Å². The van der Waals surface area contributed by atoms with Crippen LogP contribution in [-0.4, -0.2) is 55.3 Å². The van der Waals surface area contributed by atoms with Gasteiger partial charge in [-0.25, -0.2) is 0 Å². The number of carbonyl (C=O) groups is 1. The number of nitrogens with one attached hydrogen (secondary N) is 1. The van der Waals surface area contributed by atoms with E-state index in [2.05, 4.69) is 24.4 Å². The third kappa shape index (κ3) is 4.99. The summed E-state index contributed by atoms with van der Waals surface area (Å²) in [5.74, 6) is -1.74. The number of anilines is 2. The number of aromatic nitrogens is 4. The second-order valence-electron chi connectivity index (χ2n) is 6.43. The van der Waals surface area contributed by atoms with Crippen LogP contribution in [0.15, 0.2) is 24.7 Å². The number of methoxy groups -OCH3 is 1. The summed E-state index contributed by atoms with van der Waals surface area (Å²) in [5.41, 5.74) is 1.51. The fourth-order valence-electron chi connectivity index (χ4n) is 2.77. The number of hydrogen-bond acceptors (Lipinski definition) is 9. The van der Waals surface area contributed by atoms with Crippen LogP contribution in [0.5, 0.6) is 0 Å². The molecule has 0 saturated carbocycles. The molecule has 3 aromatic rings. The van der Waals surface area contributed by atoms with Gasteiger partial charge in [-0.15, -0.1) is 0 Å². The number of carbonyl (C=O) groups excluding carboxylic acids is 1. The van der Waals surface area contributed by atoms with Crippen molar-refractivity contribution in [2.24, 2.45) is 0 Å². The van der Waals surface area contributed by atoms with Crippen LogP contribution in [0.4, 0.5) is 19.6 Å². The van der Waals surface area contributed by atoms with Crippen molar-refractivity contribution in [1.29, 1.82) is 0 Å². The minimum atomic E-state index is -3.17. The molecule has 4 heterocycles. The molecular weight excluding hydrogens is 457 g/mol. The van der Waals surface area contributed by atoms with E-state index < -0.39 is 17.6 Å². The van der Waals surface area contributed by atoms with Gasteiger partial charge in [0.05, 0.1) is 7.11 Å². The summed E-state index contributed by atoms with van der Waals surface area (Å²) in [4.78, 5) is 20.1. The molecule has 32 heavy (non-hydrogen) atoms. The average Bonchev–Trinajstić information content (AvgIpc) is 3.41. The minimum absolute atomic E-state index is 0.111. The molecule has 0 unspecified atom stereocenters. The molecule has 0 fully saturated rings. The van der Waals surface area contributed by atoms with Gasteiger partial charge in [0.15, 0.2) is 0 Å². The van der Waals surface area contributed by atoms with Crippen molar-refractivity contribution in [3.63, 3.8) is 0 Å². The van der Waals surface area contributed by atoms with Crippen molar-refractivity contribution in [2.75, 3.05) is 19.5 Å². The fraction of sp³-hybridized carbons (Fsp3) is 0.316. The number of esters is 1. The maximum absolute atomic E-state index is 14.2. The second-order valence-corrected chi connectivity index (χ2v) is 8.30. The topological polar surface area (TPSA) is 84.6 Å². The van der Waals surface area contributed by atoms with E-state index in [0.29, 0.717) is 16.3 Å². The van der Waals surface area contributed by atoms with Crippen LogP contribution in [0.3, 0.4) is 0 Å². The summed E-state index contributed by atoms with van der Waals surface area (Å²) in [6, 6.07) is 1.47. The number of nitrogens with zero attached hydrogens (tertiary/aromatic N) is 5. The Morgan fingerprint density at radius 1 is 1.34 bits per heavy atom. The number of imidazole rings is 1. The molecule has 0 saturated heterocycles. The Morgan fingerprint density at radius 2 is 2.09 bits per heavy atom. The summed E-state index contributed by atoms with van der Waals surface area (Å²) in [6.45, 7) is 4.79. The van der Waals surface area contributed by atoms with Crippen LogP contribution in [0.1, 0.15) is 42.6 Å². The average molecular weight is 478 g/mol. The first kappa shape index (κ1) is 23.9. The molecule has 4 rings (SSSR count). The SMILES string of the molecule is CC.COC(=O)c1cc(Nc2nc(C(C)(F)F)cn3c(C4=CN(C)SB=C4)cnc23)sn1. The van der Waals surface area contributed by atoms with Crippen molar-refractivity contribution >= 4 is 63.5 Å². The van der Waals surface area contributed by atoms with E-state index in [4.69, 9.17) is 0 Å². The van der Waals surface area contributed by atoms with Gasteiger partial charge in [-0.1, -0.05) is 13.8 Å². The molecule has 3 aromatic heterocycles. The third-order valence-corrected chi connectivity index (χ3v) is 5.58. The molecule has 1 N–H and O–H groups in total. The van der Waals surface area contributed by atoms with E-state index in [1.165, 1.54) is 31.2 Å². The number of allylic oxidation sites excluding steroid dienone is 1. The summed E-state index contributed by atoms with van der Waals surface area (Å²) < 4.78 is 40.4. The number of rotatable bonds is 5. The molecule has 1 aliphatic rings. The molecule has 0 radical (unpaired) electrons. The molecule has 0 spiro atoms. The van der Waals surface area contributed by atoms with Crippen LogP contribution in [-0.2, 0) is 10.7 Å². The second kappa shape index (κ2) is 9.78. The van der Waals surface area contributed by atoms with Crippen LogP contribution in [0, 0.1) is 0 Å². The molecule has 8 nitrogen and oxygen atoms in total. The molecule has 0 amide bonds. The Hall–Kier alpha value is -2.80. The predicted molar refractivity (Wildman–Crippen MR) is 126 cm³/mol. The van der Waals surface area contributed by atoms with E-state index in [9.17, 15) is 13.6 Å². The molecule has 0 bridgehead atoms. The first-order chi connectivity index (χ1) is 15.3. The molecule has 1 aliphatic heterocycles. The van der Waals surface area contributed by atoms with E-state index in [1.807, 2.05) is 43.6 Å². The van der Waals surface area contributed by atoms with Gasteiger partial charge in [-0.3, -0.25) is 0 Å². The van der Waals surface area contributed by atoms with Gasteiger partial charge in [0, 0.05) is 0 Å². The van der Waals surface area contributed by atoms with E-state index in [1.54, 1.807) is 10.6 Å². The normalized spacial score (nSPS) is 13.2. The third-order valence-electron chi connectivity index (χ3n) is 4.18. The number of halogens is 2. The van der Waals surface area contributed by atoms with Crippen LogP contribution in [0.2, 0.25) is 0 Å². The maximum atomic E-state index is 14.2. The predicted octanol–water partition coefficient (Wildman–Crippen LogP) is 4.21. The summed E-state index contributed by atoms with van der Waals surface area (Å²) in [5, 5.41) is 3.40. The zero-order chi connectivity index (χ0) is 23.5. The van der Waals surface area contributed by atoms with E-state index >= 15 is 0 Å². The van der Waals surface area contributed by atoms with Gasteiger partial charge >= 0.3 is 172 Å². The zero-order valence-corrected chi connectivity index (χ0v) is 19.7.